The highest BCUT2D eigenvalue weighted by molar-refractivity contribution is 5.57. The van der Waals surface area contributed by atoms with E-state index < -0.39 is 0 Å². The van der Waals surface area contributed by atoms with Gasteiger partial charge in [-0.15, -0.1) is 0 Å². The third-order valence-corrected chi connectivity index (χ3v) is 5.36. The van der Waals surface area contributed by atoms with E-state index >= 15 is 0 Å². The number of nitrogens with zero attached hydrogens (tertiary/aromatic N) is 1. The molecule has 0 radical (unpaired) electrons. The Hall–Kier alpha value is -1.06. The fraction of sp³-hybridized carbons (Fsp3) is 0.625. The fourth-order valence-electron chi connectivity index (χ4n) is 4.19. The maximum Gasteiger partial charge on any atom is 0.133 e. The number of quaternary nitrogens is 1. The van der Waals surface area contributed by atoms with E-state index in [1.165, 1.54) is 48.1 Å². The van der Waals surface area contributed by atoms with E-state index in [1.807, 2.05) is 0 Å². The minimum atomic E-state index is 0.730. The van der Waals surface area contributed by atoms with Crippen LogP contribution in [0, 0.1) is 6.92 Å². The molecule has 2 saturated heterocycles. The van der Waals surface area contributed by atoms with Crippen molar-refractivity contribution in [3.8, 4) is 0 Å². The monoisotopic (exact) mass is 260 g/mol. The van der Waals surface area contributed by atoms with E-state index in [0.29, 0.717) is 0 Å². The summed E-state index contributed by atoms with van der Waals surface area (Å²) in [6.07, 6.45) is 3.99. The zero-order chi connectivity index (χ0) is 13.5. The first-order valence-electron chi connectivity index (χ1n) is 7.59. The van der Waals surface area contributed by atoms with Gasteiger partial charge in [0, 0.05) is 50.2 Å². The van der Waals surface area contributed by atoms with Crippen LogP contribution in [0.3, 0.4) is 0 Å². The van der Waals surface area contributed by atoms with Gasteiger partial charge in [-0.25, -0.2) is 0 Å². The van der Waals surface area contributed by atoms with Gasteiger partial charge in [-0.2, -0.15) is 0 Å². The molecule has 1 aromatic carbocycles. The van der Waals surface area contributed by atoms with Crippen molar-refractivity contribution in [3.63, 3.8) is 0 Å². The van der Waals surface area contributed by atoms with Gasteiger partial charge in [0.2, 0.25) is 0 Å². The average molecular weight is 260 g/mol. The molecule has 19 heavy (non-hydrogen) atoms. The highest BCUT2D eigenvalue weighted by atomic mass is 15.4. The molecule has 3 heteroatoms. The number of hydrogen-bond acceptors (Lipinski definition) is 2. The molecule has 0 aromatic heterocycles. The number of nitrogen functional groups attached to an aromatic ring is 1. The van der Waals surface area contributed by atoms with Gasteiger partial charge in [-0.1, -0.05) is 0 Å². The Labute approximate surface area is 116 Å². The summed E-state index contributed by atoms with van der Waals surface area (Å²) < 4.78 is 1.17. The predicted molar refractivity (Wildman–Crippen MR) is 82.2 cm³/mol. The molecule has 0 spiro atoms. The molecule has 0 saturated carbocycles. The number of hydrogen-bond donors (Lipinski definition) is 2. The lowest BCUT2D eigenvalue weighted by molar-refractivity contribution is 0.203. The molecule has 3 nitrogen and oxygen atoms in total. The minimum Gasteiger partial charge on any atom is -0.399 e. The number of aryl methyl sites for hydroxylation is 1. The zero-order valence-corrected chi connectivity index (χ0v) is 12.2. The highest BCUT2D eigenvalue weighted by Crippen LogP contribution is 2.39. The molecule has 2 aliphatic heterocycles. The molecule has 1 aromatic rings. The van der Waals surface area contributed by atoms with E-state index in [4.69, 9.17) is 5.73 Å². The van der Waals surface area contributed by atoms with Gasteiger partial charge in [0.15, 0.2) is 0 Å². The molecule has 3 atom stereocenters. The molecule has 3 N–H and O–H groups in total. The van der Waals surface area contributed by atoms with Gasteiger partial charge in [0.05, 0.1) is 12.6 Å². The first kappa shape index (κ1) is 12.9. The summed E-state index contributed by atoms with van der Waals surface area (Å²) in [7, 11) is 0. The molecule has 2 heterocycles. The van der Waals surface area contributed by atoms with Crippen molar-refractivity contribution >= 4 is 11.4 Å². The molecular weight excluding hydrogens is 234 g/mol. The van der Waals surface area contributed by atoms with E-state index in [2.05, 4.69) is 37.4 Å². The lowest BCUT2D eigenvalue weighted by atomic mass is 10.0. The van der Waals surface area contributed by atoms with Crippen molar-refractivity contribution in [1.29, 1.82) is 0 Å². The van der Waals surface area contributed by atoms with Gasteiger partial charge in [0.1, 0.15) is 11.7 Å². The summed E-state index contributed by atoms with van der Waals surface area (Å²) in [6, 6.07) is 8.16. The van der Waals surface area contributed by atoms with Crippen LogP contribution in [0.15, 0.2) is 18.2 Å². The molecule has 2 fully saturated rings. The SMILES string of the molecule is Cc1cc([N+]2(C3CCNC3)CCC[C@H]2C)ccc1N. The zero-order valence-electron chi connectivity index (χ0n) is 12.2. The standard InChI is InChI=1S/C16H26N3/c1-12-10-14(5-6-16(12)17)19(9-3-4-13(19)2)15-7-8-18-11-15/h5-6,10,13,15,18H,3-4,7-9,11,17H2,1-2H3/q+1/t13-,15?,19?/m1/s1. The van der Waals surface area contributed by atoms with Crippen molar-refractivity contribution in [2.45, 2.75) is 45.2 Å². The van der Waals surface area contributed by atoms with Gasteiger partial charge >= 0.3 is 0 Å². The molecule has 0 bridgehead atoms. The number of nitrogens with two attached hydrogens (primary N) is 1. The quantitative estimate of drug-likeness (QED) is 0.633. The van der Waals surface area contributed by atoms with Crippen molar-refractivity contribution in [2.24, 2.45) is 0 Å². The van der Waals surface area contributed by atoms with Crippen LogP contribution in [0.2, 0.25) is 0 Å². The van der Waals surface area contributed by atoms with Gasteiger partial charge in [-0.05, 0) is 25.5 Å². The predicted octanol–water partition coefficient (Wildman–Crippen LogP) is 2.43. The molecule has 0 amide bonds. The summed E-state index contributed by atoms with van der Waals surface area (Å²) in [6.45, 7) is 8.18. The Morgan fingerprint density at radius 3 is 2.74 bits per heavy atom. The highest BCUT2D eigenvalue weighted by Gasteiger charge is 2.48. The van der Waals surface area contributed by atoms with Crippen molar-refractivity contribution in [3.05, 3.63) is 23.8 Å². The van der Waals surface area contributed by atoms with E-state index in [0.717, 1.165) is 24.3 Å². The number of likely N-dealkylation sites (tertiary alicyclic amines) is 1. The second-order valence-corrected chi connectivity index (χ2v) is 6.33. The minimum absolute atomic E-state index is 0.730. The third-order valence-electron chi connectivity index (χ3n) is 5.36. The Balaban J connectivity index is 2.05. The summed E-state index contributed by atoms with van der Waals surface area (Å²) >= 11 is 0. The summed E-state index contributed by atoms with van der Waals surface area (Å²) in [5, 5.41) is 3.55. The van der Waals surface area contributed by atoms with Crippen LogP contribution in [0.25, 0.3) is 0 Å². The Bertz CT molecular complexity index is 465. The second-order valence-electron chi connectivity index (χ2n) is 6.33. The molecule has 0 aliphatic carbocycles. The number of nitrogens with one attached hydrogen (secondary N) is 1. The maximum atomic E-state index is 6.00. The summed E-state index contributed by atoms with van der Waals surface area (Å²) in [5.41, 5.74) is 9.61. The first-order valence-corrected chi connectivity index (χ1v) is 7.59. The van der Waals surface area contributed by atoms with Crippen LogP contribution >= 0.6 is 0 Å². The topological polar surface area (TPSA) is 38.0 Å². The summed E-state index contributed by atoms with van der Waals surface area (Å²) in [5.74, 6) is 0. The van der Waals surface area contributed by atoms with E-state index in [-0.39, 0.29) is 0 Å². The maximum absolute atomic E-state index is 6.00. The van der Waals surface area contributed by atoms with Crippen LogP contribution in [-0.2, 0) is 0 Å². The number of benzene rings is 1. The van der Waals surface area contributed by atoms with Crippen molar-refractivity contribution in [1.82, 2.24) is 9.80 Å². The smallest absolute Gasteiger partial charge is 0.133 e. The van der Waals surface area contributed by atoms with Crippen LogP contribution in [0.4, 0.5) is 11.4 Å². The lowest BCUT2D eigenvalue weighted by Gasteiger charge is -2.43. The van der Waals surface area contributed by atoms with Gasteiger partial charge in [-0.3, -0.25) is 4.48 Å². The number of rotatable bonds is 2. The first-order chi connectivity index (χ1) is 9.14. The molecule has 3 rings (SSSR count). The van der Waals surface area contributed by atoms with E-state index in [9.17, 15) is 0 Å². The van der Waals surface area contributed by atoms with Gasteiger partial charge in [0.25, 0.3) is 0 Å². The lowest BCUT2D eigenvalue weighted by Crippen LogP contribution is -2.59. The molecule has 2 aliphatic rings. The number of anilines is 1. The molecular formula is C16H26N3+. The normalized spacial score (nSPS) is 34.8. The average Bonchev–Trinajstić information content (AvgIpc) is 3.02. The summed E-state index contributed by atoms with van der Waals surface area (Å²) in [4.78, 5) is 0. The van der Waals surface area contributed by atoms with Crippen molar-refractivity contribution in [2.75, 3.05) is 25.4 Å². The van der Waals surface area contributed by atoms with Crippen LogP contribution in [0.1, 0.15) is 31.7 Å². The van der Waals surface area contributed by atoms with Gasteiger partial charge < -0.3 is 11.1 Å². The molecule has 104 valence electrons. The van der Waals surface area contributed by atoms with Crippen molar-refractivity contribution < 1.29 is 0 Å². The molecule has 2 unspecified atom stereocenters. The fourth-order valence-corrected chi connectivity index (χ4v) is 4.19. The Morgan fingerprint density at radius 2 is 2.16 bits per heavy atom. The van der Waals surface area contributed by atoms with Crippen LogP contribution < -0.4 is 15.5 Å². The third kappa shape index (κ3) is 1.96. The van der Waals surface area contributed by atoms with Crippen LogP contribution in [-0.4, -0.2) is 31.7 Å². The Morgan fingerprint density at radius 1 is 1.32 bits per heavy atom. The second kappa shape index (κ2) is 4.80. The Kier molecular flexibility index (Phi) is 3.27. The van der Waals surface area contributed by atoms with Crippen LogP contribution in [0.5, 0.6) is 0 Å². The largest absolute Gasteiger partial charge is 0.399 e. The van der Waals surface area contributed by atoms with E-state index in [1.54, 1.807) is 0 Å².